The normalized spacial score (nSPS) is 17.2. The molecule has 6 rings (SSSR count). The van der Waals surface area contributed by atoms with Gasteiger partial charge in [-0.3, -0.25) is 14.6 Å². The predicted octanol–water partition coefficient (Wildman–Crippen LogP) is 7.00. The Balaban J connectivity index is 1.19. The Kier molecular flexibility index (Phi) is 11.2. The number of hydrogen-bond acceptors (Lipinski definition) is 7. The number of nitrogens with one attached hydrogen (secondary N) is 5. The fraction of sp³-hybridized carbons (Fsp3) is 0.306. The molecule has 2 saturated heterocycles. The molecule has 0 unspecified atom stereocenters. The number of hydrogen-bond donors (Lipinski definition) is 5. The third-order valence-electron chi connectivity index (χ3n) is 8.70. The van der Waals surface area contributed by atoms with Crippen molar-refractivity contribution >= 4 is 58.0 Å². The van der Waals surface area contributed by atoms with E-state index >= 15 is 4.39 Å². The molecule has 4 aromatic rings. The van der Waals surface area contributed by atoms with E-state index in [2.05, 4.69) is 31.6 Å². The molecule has 13 heteroatoms. The highest BCUT2D eigenvalue weighted by Crippen LogP contribution is 2.42. The van der Waals surface area contributed by atoms with Crippen molar-refractivity contribution in [3.05, 3.63) is 92.8 Å². The van der Waals surface area contributed by atoms with Gasteiger partial charge in [0.25, 0.3) is 0 Å². The minimum atomic E-state index is -0.462. The topological polar surface area (TPSA) is 116 Å². The lowest BCUT2D eigenvalue weighted by molar-refractivity contribution is -0.120. The Labute approximate surface area is 299 Å². The van der Waals surface area contributed by atoms with Gasteiger partial charge in [0.2, 0.25) is 11.8 Å². The van der Waals surface area contributed by atoms with Gasteiger partial charge in [-0.1, -0.05) is 59.1 Å². The Hall–Kier alpha value is -3.93. The number of benzene rings is 3. The summed E-state index contributed by atoms with van der Waals surface area (Å²) in [5.41, 5.74) is 4.58. The van der Waals surface area contributed by atoms with Crippen molar-refractivity contribution in [3.8, 4) is 28.1 Å². The van der Waals surface area contributed by atoms with Crippen LogP contribution in [0.4, 0.5) is 15.8 Å². The van der Waals surface area contributed by atoms with Crippen molar-refractivity contribution in [1.82, 2.24) is 26.3 Å². The highest BCUT2D eigenvalue weighted by molar-refractivity contribution is 6.39. The van der Waals surface area contributed by atoms with Crippen molar-refractivity contribution in [1.29, 1.82) is 0 Å². The Morgan fingerprint density at radius 3 is 2.16 bits per heavy atom. The van der Waals surface area contributed by atoms with Crippen LogP contribution in [0.3, 0.4) is 0 Å². The molecule has 2 aliphatic rings. The standard InChI is InChI=1S/C36H36Cl3FN6O3/c1-49-30-14-20(5-6-21(30)16-41-18-24-7-9-31(47)44-24)36-34(39)27(11-12-43-36)26-3-2-4-28(33(26)38)46-29-15-23(37)13-22(35(29)40)17-42-19-25-8-10-32(48)45-25/h2-6,11-15,24-25,41-42,46H,7-10,16-19H2,1H3,(H,44,47)(H,45,48)/t24-,25+/m0/s1. The molecule has 2 fully saturated rings. The summed E-state index contributed by atoms with van der Waals surface area (Å²) in [6.07, 6.45) is 4.30. The van der Waals surface area contributed by atoms with E-state index in [9.17, 15) is 9.59 Å². The van der Waals surface area contributed by atoms with E-state index in [-0.39, 0.29) is 36.1 Å². The van der Waals surface area contributed by atoms with Crippen LogP contribution in [0.15, 0.2) is 60.8 Å². The van der Waals surface area contributed by atoms with E-state index < -0.39 is 5.82 Å². The largest absolute Gasteiger partial charge is 0.496 e. The summed E-state index contributed by atoms with van der Waals surface area (Å²) in [6, 6.07) is 16.2. The maximum absolute atomic E-state index is 15.7. The maximum Gasteiger partial charge on any atom is 0.220 e. The van der Waals surface area contributed by atoms with Crippen molar-refractivity contribution in [3.63, 3.8) is 0 Å². The van der Waals surface area contributed by atoms with Gasteiger partial charge in [0, 0.05) is 90.1 Å². The summed E-state index contributed by atoms with van der Waals surface area (Å²) < 4.78 is 21.4. The van der Waals surface area contributed by atoms with Crippen LogP contribution >= 0.6 is 34.8 Å². The Morgan fingerprint density at radius 1 is 0.837 bits per heavy atom. The Bertz CT molecular complexity index is 1880. The fourth-order valence-electron chi connectivity index (χ4n) is 6.16. The number of carbonyl (C=O) groups excluding carboxylic acids is 2. The lowest BCUT2D eigenvalue weighted by Gasteiger charge is -2.17. The molecule has 0 aliphatic carbocycles. The van der Waals surface area contributed by atoms with Crippen molar-refractivity contribution in [2.75, 3.05) is 25.5 Å². The molecule has 256 valence electrons. The van der Waals surface area contributed by atoms with Crippen LogP contribution in [0.1, 0.15) is 36.8 Å². The summed E-state index contributed by atoms with van der Waals surface area (Å²) >= 11 is 20.3. The molecule has 0 saturated carbocycles. The monoisotopic (exact) mass is 724 g/mol. The van der Waals surface area contributed by atoms with Gasteiger partial charge >= 0.3 is 0 Å². The van der Waals surface area contributed by atoms with Crippen LogP contribution in [0, 0.1) is 5.82 Å². The quantitative estimate of drug-likeness (QED) is 0.101. The summed E-state index contributed by atoms with van der Waals surface area (Å²) in [4.78, 5) is 27.6. The third-order valence-corrected chi connectivity index (χ3v) is 9.71. The molecule has 0 spiro atoms. The van der Waals surface area contributed by atoms with Crippen molar-refractivity contribution in [2.45, 2.75) is 50.9 Å². The number of carbonyl (C=O) groups is 2. The fourth-order valence-corrected chi connectivity index (χ4v) is 7.00. The van der Waals surface area contributed by atoms with E-state index in [0.29, 0.717) is 81.4 Å². The zero-order valence-corrected chi connectivity index (χ0v) is 29.0. The second-order valence-electron chi connectivity index (χ2n) is 12.1. The summed E-state index contributed by atoms with van der Waals surface area (Å²) in [5, 5.41) is 16.7. The van der Waals surface area contributed by atoms with Gasteiger partial charge < -0.3 is 31.3 Å². The first kappa shape index (κ1) is 34.9. The van der Waals surface area contributed by atoms with Gasteiger partial charge in [0.15, 0.2) is 5.82 Å². The molecule has 1 aromatic heterocycles. The zero-order valence-electron chi connectivity index (χ0n) is 26.8. The lowest BCUT2D eigenvalue weighted by Crippen LogP contribution is -2.35. The molecule has 0 bridgehead atoms. The van der Waals surface area contributed by atoms with Gasteiger partial charge in [-0.2, -0.15) is 0 Å². The van der Waals surface area contributed by atoms with E-state index in [0.717, 1.165) is 24.0 Å². The number of halogens is 4. The summed E-state index contributed by atoms with van der Waals surface area (Å²) in [6.45, 7) is 2.00. The second-order valence-corrected chi connectivity index (χ2v) is 13.3. The second kappa shape index (κ2) is 15.7. The highest BCUT2D eigenvalue weighted by atomic mass is 35.5. The molecule has 5 N–H and O–H groups in total. The van der Waals surface area contributed by atoms with Crippen molar-refractivity contribution in [2.24, 2.45) is 0 Å². The number of nitrogens with zero attached hydrogens (tertiary/aromatic N) is 1. The molecule has 49 heavy (non-hydrogen) atoms. The van der Waals surface area contributed by atoms with E-state index in [1.165, 1.54) is 6.07 Å². The molecule has 3 aromatic carbocycles. The van der Waals surface area contributed by atoms with Crippen LogP contribution in [-0.4, -0.2) is 49.1 Å². The van der Waals surface area contributed by atoms with Crippen LogP contribution in [0.5, 0.6) is 5.75 Å². The molecule has 0 radical (unpaired) electrons. The van der Waals surface area contributed by atoms with Crippen LogP contribution in [-0.2, 0) is 22.7 Å². The van der Waals surface area contributed by atoms with Gasteiger partial charge in [-0.05, 0) is 43.2 Å². The Morgan fingerprint density at radius 2 is 1.51 bits per heavy atom. The van der Waals surface area contributed by atoms with Gasteiger partial charge in [-0.25, -0.2) is 4.39 Å². The first-order chi connectivity index (χ1) is 23.7. The average Bonchev–Trinajstić information content (AvgIpc) is 3.71. The number of anilines is 2. The SMILES string of the molecule is COc1cc(-c2nccc(-c3cccc(Nc4cc(Cl)cc(CNC[C@H]5CCC(=O)N5)c4F)c3Cl)c2Cl)ccc1CNC[C@@H]1CCC(=O)N1. The minimum absolute atomic E-state index is 0.0249. The zero-order chi connectivity index (χ0) is 34.5. The number of amides is 2. The van der Waals surface area contributed by atoms with Gasteiger partial charge in [0.1, 0.15) is 5.75 Å². The number of rotatable bonds is 13. The van der Waals surface area contributed by atoms with Crippen molar-refractivity contribution < 1.29 is 18.7 Å². The van der Waals surface area contributed by atoms with E-state index in [4.69, 9.17) is 39.5 Å². The first-order valence-corrected chi connectivity index (χ1v) is 17.2. The van der Waals surface area contributed by atoms with Crippen LogP contribution in [0.25, 0.3) is 22.4 Å². The maximum atomic E-state index is 15.7. The average molecular weight is 726 g/mol. The molecular formula is C36H36Cl3FN6O3. The summed E-state index contributed by atoms with van der Waals surface area (Å²) in [5.74, 6) is 0.334. The van der Waals surface area contributed by atoms with E-state index in [1.54, 1.807) is 31.5 Å². The molecule has 2 aliphatic heterocycles. The van der Waals surface area contributed by atoms with Crippen LogP contribution in [0.2, 0.25) is 15.1 Å². The molecular weight excluding hydrogens is 690 g/mol. The molecule has 3 heterocycles. The molecule has 2 amide bonds. The number of ether oxygens (including phenoxy) is 1. The van der Waals surface area contributed by atoms with Crippen LogP contribution < -0.4 is 31.3 Å². The minimum Gasteiger partial charge on any atom is -0.496 e. The number of methoxy groups -OCH3 is 1. The number of aromatic nitrogens is 1. The third kappa shape index (κ3) is 8.28. The lowest BCUT2D eigenvalue weighted by atomic mass is 10.0. The van der Waals surface area contributed by atoms with Gasteiger partial charge in [0.05, 0.1) is 34.2 Å². The predicted molar refractivity (Wildman–Crippen MR) is 192 cm³/mol. The first-order valence-electron chi connectivity index (χ1n) is 16.1. The number of pyridine rings is 1. The highest BCUT2D eigenvalue weighted by Gasteiger charge is 2.22. The van der Waals surface area contributed by atoms with Gasteiger partial charge in [-0.15, -0.1) is 0 Å². The smallest absolute Gasteiger partial charge is 0.220 e. The van der Waals surface area contributed by atoms with E-state index in [1.807, 2.05) is 30.3 Å². The molecule has 2 atom stereocenters. The molecule has 9 nitrogen and oxygen atoms in total. The summed E-state index contributed by atoms with van der Waals surface area (Å²) in [7, 11) is 1.61.